The topological polar surface area (TPSA) is 596 Å². The Morgan fingerprint density at radius 3 is 1.16 bits per heavy atom. The second-order valence-corrected chi connectivity index (χ2v) is 33.0. The van der Waals surface area contributed by atoms with E-state index in [1.54, 1.807) is 90.2 Å². The number of halogens is 7. The number of alkyl halides is 6. The smallest absolute Gasteiger partial charge is 0.475 e. The average molecular weight is 2010 g/mol. The van der Waals surface area contributed by atoms with E-state index in [0.29, 0.717) is 117 Å². The van der Waals surface area contributed by atoms with Gasteiger partial charge in [-0.15, -0.1) is 23.7 Å². The zero-order valence-electron chi connectivity index (χ0n) is 79.8. The molecular formula is C87H103ClF6N30O18. The van der Waals surface area contributed by atoms with Crippen LogP contribution in [-0.2, 0) is 89.5 Å². The number of aryl methyl sites for hydroxylation is 4. The van der Waals surface area contributed by atoms with Crippen LogP contribution in [0.5, 0.6) is 0 Å². The summed E-state index contributed by atoms with van der Waals surface area (Å²) in [6, 6.07) is 11.9. The molecule has 4 saturated heterocycles. The number of primary amides is 3. The molecule has 1 aromatic carbocycles. The van der Waals surface area contributed by atoms with E-state index in [0.717, 1.165) is 74.4 Å². The Balaban J connectivity index is 0.000000211. The molecule has 0 saturated carbocycles. The minimum absolute atomic E-state index is 0.00769. The molecule has 4 aliphatic heterocycles. The molecule has 13 heterocycles. The lowest BCUT2D eigenvalue weighted by Crippen LogP contribution is -2.50. The van der Waals surface area contributed by atoms with Gasteiger partial charge in [-0.25, -0.2) is 67.6 Å². The number of esters is 1. The van der Waals surface area contributed by atoms with E-state index in [9.17, 15) is 84.3 Å². The zero-order valence-corrected chi connectivity index (χ0v) is 80.6. The highest BCUT2D eigenvalue weighted by Crippen LogP contribution is 2.30. The number of hydrogen-bond acceptors (Lipinski definition) is 32. The molecule has 0 radical (unpaired) electrons. The summed E-state index contributed by atoms with van der Waals surface area (Å²) in [5, 5.41) is 46.3. The fourth-order valence-corrected chi connectivity index (χ4v) is 14.2. The molecular weight excluding hydrogens is 1900 g/mol. The number of nitrogens with one attached hydrogen (secondary N) is 2. The number of aromatic nitrogens is 18. The number of anilines is 4. The second-order valence-electron chi connectivity index (χ2n) is 32.6. The van der Waals surface area contributed by atoms with Crippen molar-refractivity contribution in [2.45, 2.75) is 126 Å². The molecule has 0 unspecified atom stereocenters. The Kier molecular flexibility index (Phi) is 37.7. The minimum atomic E-state index is -5.08. The standard InChI is InChI=1S/C20H27N7O4.C20H27N5O6.C15H19N7O2.C15H17N7O.C13H11ClN4O.2C2HF3O2/c1-6-7-8-27-15-13(14(16(21)28)23-24(5)17(15)29)22-18(27)25-9-11-26(12-10-25)19(30)31-20(2,3)4;1-6-7-8-25-14(17(28)30-5)13(15(26)16(21)27)22-18(25)23-9-11-24(12-10-23)19(29)31-20(2,3)4;1-3-4-7-22-12-10(11(13(16)23)19-20(2)14(12)24)18-15(22)21-8-5-17-6-9-21;1-3-4-7-22-13-12(11(10-16)19-20(2)14(13)23)18-15(22)21-8-5-17-6-9-21;1-17-13(19)10-11(12(14)16-17)18(8-15-10)7-9-5-3-2-4-6-9;2*3-2(4,5)1(6)7/h8-12H2,1-5H3,(H2,21,28);8-12H2,1-5H3,(H2,21,27);17H,5-9H2,1-2H3,(H2,16,23);17H,5-9H2,1-2H3;2-6,8H,7H2,1H3;2*(H,6,7). The number of carboxylic acids is 2. The van der Waals surface area contributed by atoms with Crippen molar-refractivity contribution in [2.24, 2.45) is 45.4 Å². The second kappa shape index (κ2) is 48.2. The van der Waals surface area contributed by atoms with Gasteiger partial charge in [-0.2, -0.15) is 52.0 Å². The Morgan fingerprint density at radius 1 is 0.472 bits per heavy atom. The minimum Gasteiger partial charge on any atom is -0.475 e. The van der Waals surface area contributed by atoms with Crippen LogP contribution in [0.3, 0.4) is 0 Å². The largest absolute Gasteiger partial charge is 0.490 e. The number of rotatable bonds is 15. The number of methoxy groups -OCH3 is 1. The third kappa shape index (κ3) is 27.8. The Bertz CT molecular complexity index is 6970. The van der Waals surface area contributed by atoms with E-state index in [1.165, 1.54) is 35.1 Å². The summed E-state index contributed by atoms with van der Waals surface area (Å²) in [5.74, 6) is 14.8. The first-order valence-electron chi connectivity index (χ1n) is 42.9. The van der Waals surface area contributed by atoms with Crippen LogP contribution in [0.25, 0.3) is 44.1 Å². The van der Waals surface area contributed by atoms with Crippen molar-refractivity contribution >= 4 is 133 Å². The molecule has 0 spiro atoms. The molecule has 0 atom stereocenters. The van der Waals surface area contributed by atoms with E-state index in [4.69, 9.17) is 62.8 Å². The molecule has 10 aromatic rings. The predicted octanol–water partition coefficient (Wildman–Crippen LogP) is 1.92. The molecule has 55 heteroatoms. The number of amides is 5. The summed E-state index contributed by atoms with van der Waals surface area (Å²) in [6.07, 6.45) is -9.34. The highest BCUT2D eigenvalue weighted by molar-refractivity contribution is 6.43. The summed E-state index contributed by atoms with van der Waals surface area (Å²) in [7, 11) is 7.20. The van der Waals surface area contributed by atoms with Crippen LogP contribution in [0.1, 0.15) is 122 Å². The number of nitrogens with zero attached hydrogens (tertiary/aromatic N) is 25. The lowest BCUT2D eigenvalue weighted by molar-refractivity contribution is -0.193. The summed E-state index contributed by atoms with van der Waals surface area (Å²) in [6.45, 7) is 28.8. The molecule has 0 bridgehead atoms. The summed E-state index contributed by atoms with van der Waals surface area (Å²) < 4.78 is 92.1. The number of fused-ring (bicyclic) bond motifs is 4. The molecule has 5 amide bonds. The number of ketones is 1. The number of nitrogens with two attached hydrogens (primary N) is 3. The molecule has 48 nitrogen and oxygen atoms in total. The average Bonchev–Trinajstić information content (AvgIpc) is 1.59. The first-order chi connectivity index (χ1) is 66.8. The normalized spacial score (nSPS) is 13.5. The third-order valence-corrected chi connectivity index (χ3v) is 20.7. The number of piperazine rings is 4. The van der Waals surface area contributed by atoms with Gasteiger partial charge in [0.2, 0.25) is 23.8 Å². The quantitative estimate of drug-likeness (QED) is 0.0192. The lowest BCUT2D eigenvalue weighted by atomic mass is 10.2. The van der Waals surface area contributed by atoms with Gasteiger partial charge < -0.3 is 86.2 Å². The van der Waals surface area contributed by atoms with E-state index in [-0.39, 0.29) is 92.0 Å². The van der Waals surface area contributed by atoms with Crippen LogP contribution < -0.4 is 69.7 Å². The molecule has 758 valence electrons. The number of Topliss-reactive ketones (excluding diaryl/α,β-unsaturated/α-hetero) is 1. The fraction of sp³-hybridized carbons (Fsp3) is 0.460. The number of hydrogen-bond donors (Lipinski definition) is 7. The van der Waals surface area contributed by atoms with Gasteiger partial charge in [-0.1, -0.05) is 65.6 Å². The maximum absolute atomic E-state index is 12.8. The van der Waals surface area contributed by atoms with Crippen LogP contribution in [0.15, 0.2) is 55.8 Å². The van der Waals surface area contributed by atoms with Crippen molar-refractivity contribution < 1.29 is 93.9 Å². The molecule has 0 aliphatic carbocycles. The van der Waals surface area contributed by atoms with Crippen molar-refractivity contribution in [3.8, 4) is 53.4 Å². The Morgan fingerprint density at radius 2 is 0.817 bits per heavy atom. The van der Waals surface area contributed by atoms with Crippen molar-refractivity contribution in [1.29, 1.82) is 5.26 Å². The van der Waals surface area contributed by atoms with Gasteiger partial charge in [0, 0.05) is 139 Å². The van der Waals surface area contributed by atoms with Gasteiger partial charge in [-0.3, -0.25) is 56.6 Å². The first kappa shape index (κ1) is 111. The van der Waals surface area contributed by atoms with Crippen LogP contribution in [-0.4, -0.2) is 296 Å². The van der Waals surface area contributed by atoms with Crippen LogP contribution in [0.4, 0.5) is 59.7 Å². The SMILES string of the molecule is CC#CCn1c(N2CCN(C(=O)OC(C)(C)C)CC2)nc(C(=O)C(N)=O)c1C(=O)OC.CC#CCn1c(N2CCN(C(=O)OC(C)(C)C)CC2)nc2c(C(N)=O)nn(C)c(=O)c21.CC#CCn1c(N2CCNCC2)nc2c(C#N)nn(C)c(=O)c21.CC#CCn1c(N2CCNCC2)nc2c(C(N)=O)nn(C)c(=O)c21.Cn1nc(Cl)c2c(ncn2Cc2ccccc2)c1=O.O=C(O)C(F)(F)F.O=C(O)C(F)(F)F. The summed E-state index contributed by atoms with van der Waals surface area (Å²) in [4.78, 5) is 185. The maximum atomic E-state index is 12.8. The van der Waals surface area contributed by atoms with Crippen LogP contribution >= 0.6 is 11.6 Å². The maximum Gasteiger partial charge on any atom is 0.490 e. The van der Waals surface area contributed by atoms with Gasteiger partial charge in [0.15, 0.2) is 39.1 Å². The van der Waals surface area contributed by atoms with Crippen molar-refractivity contribution in [3.63, 3.8) is 0 Å². The van der Waals surface area contributed by atoms with Gasteiger partial charge >= 0.3 is 42.4 Å². The van der Waals surface area contributed by atoms with Gasteiger partial charge in [-0.05, 0) is 74.8 Å². The zero-order chi connectivity index (χ0) is 105. The van der Waals surface area contributed by atoms with Crippen molar-refractivity contribution in [3.05, 3.63) is 117 Å². The number of carboxylic acid groups (broad SMARTS) is 2. The number of imidazole rings is 5. The molecule has 142 heavy (non-hydrogen) atoms. The number of carbonyl (C=O) groups is 9. The third-order valence-electron chi connectivity index (χ3n) is 20.4. The van der Waals surface area contributed by atoms with Crippen LogP contribution in [0, 0.1) is 58.7 Å². The van der Waals surface area contributed by atoms with Gasteiger partial charge in [0.05, 0.1) is 39.6 Å². The highest BCUT2D eigenvalue weighted by Gasteiger charge is 2.41. The summed E-state index contributed by atoms with van der Waals surface area (Å²) >= 11 is 6.12. The summed E-state index contributed by atoms with van der Waals surface area (Å²) in [5.41, 5.74) is 16.8. The Hall–Kier alpha value is -16.4. The first-order valence-corrected chi connectivity index (χ1v) is 43.3. The lowest BCUT2D eigenvalue weighted by Gasteiger charge is -2.36. The van der Waals surface area contributed by atoms with Crippen molar-refractivity contribution in [2.75, 3.05) is 131 Å². The number of ether oxygens (including phenoxy) is 3. The van der Waals surface area contributed by atoms with Gasteiger partial charge in [0.25, 0.3) is 45.7 Å². The predicted molar refractivity (Wildman–Crippen MR) is 502 cm³/mol. The van der Waals surface area contributed by atoms with Crippen LogP contribution in [0.2, 0.25) is 5.15 Å². The number of carbonyl (C=O) groups excluding carboxylic acids is 7. The number of aliphatic carboxylic acids is 2. The number of benzene rings is 1. The number of nitriles is 1. The molecule has 14 rings (SSSR count). The van der Waals surface area contributed by atoms with Crippen molar-refractivity contribution in [1.82, 2.24) is 107 Å². The van der Waals surface area contributed by atoms with Gasteiger partial charge in [0.1, 0.15) is 55.9 Å². The molecule has 9 aromatic heterocycles. The van der Waals surface area contributed by atoms with E-state index < -0.39 is 76.6 Å². The molecule has 4 fully saturated rings. The van der Waals surface area contributed by atoms with E-state index in [1.807, 2.05) is 66.6 Å². The monoisotopic (exact) mass is 2000 g/mol. The van der Waals surface area contributed by atoms with E-state index in [2.05, 4.69) is 113 Å². The molecule has 10 N–H and O–H groups in total. The highest BCUT2D eigenvalue weighted by atomic mass is 35.5. The Labute approximate surface area is 809 Å². The molecule has 4 aliphatic rings. The van der Waals surface area contributed by atoms with E-state index >= 15 is 0 Å². The fourth-order valence-electron chi connectivity index (χ4n) is 13.9.